The van der Waals surface area contributed by atoms with Crippen LogP contribution in [-0.4, -0.2) is 25.4 Å². The summed E-state index contributed by atoms with van der Waals surface area (Å²) in [5.41, 5.74) is 0.890. The van der Waals surface area contributed by atoms with E-state index in [9.17, 15) is 4.79 Å². The third-order valence-corrected chi connectivity index (χ3v) is 3.12. The molecular weight excluding hydrogens is 290 g/mol. The summed E-state index contributed by atoms with van der Waals surface area (Å²) in [6, 6.07) is 5.10. The maximum absolute atomic E-state index is 12.1. The van der Waals surface area contributed by atoms with E-state index in [0.717, 1.165) is 0 Å². The van der Waals surface area contributed by atoms with Crippen molar-refractivity contribution < 1.29 is 4.79 Å². The molecule has 0 saturated heterocycles. The van der Waals surface area contributed by atoms with Crippen LogP contribution in [0.3, 0.4) is 0 Å². The molecule has 7 heteroatoms. The van der Waals surface area contributed by atoms with Crippen LogP contribution in [0, 0.1) is 0 Å². The molecule has 3 aromatic heterocycles. The number of anilines is 1. The number of rotatable bonds is 3. The molecule has 0 unspecified atom stereocenters. The number of amides is 1. The van der Waals surface area contributed by atoms with Crippen LogP contribution in [0.4, 0.5) is 5.69 Å². The Labute approximate surface area is 125 Å². The maximum Gasteiger partial charge on any atom is 0.258 e. The summed E-state index contributed by atoms with van der Waals surface area (Å²) in [6.07, 6.45) is 9.62. The molecule has 0 bridgehead atoms. The first-order valence-corrected chi connectivity index (χ1v) is 6.47. The lowest BCUT2D eigenvalue weighted by molar-refractivity contribution is 0.102. The van der Waals surface area contributed by atoms with Gasteiger partial charge in [-0.05, 0) is 18.2 Å². The number of carbonyl (C=O) groups excluding carboxylic acids is 1. The van der Waals surface area contributed by atoms with Crippen LogP contribution >= 0.6 is 11.6 Å². The van der Waals surface area contributed by atoms with Crippen molar-refractivity contribution in [1.82, 2.24) is 19.5 Å². The predicted octanol–water partition coefficient (Wildman–Crippen LogP) is 2.57. The van der Waals surface area contributed by atoms with Gasteiger partial charge in [0, 0.05) is 24.8 Å². The monoisotopic (exact) mass is 299 g/mol. The zero-order valence-corrected chi connectivity index (χ0v) is 11.5. The minimum Gasteiger partial charge on any atom is -0.320 e. The van der Waals surface area contributed by atoms with Gasteiger partial charge in [0.25, 0.3) is 5.91 Å². The number of aromatic nitrogens is 4. The molecule has 1 N–H and O–H groups in total. The topological polar surface area (TPSA) is 72.7 Å². The zero-order chi connectivity index (χ0) is 14.7. The van der Waals surface area contributed by atoms with Gasteiger partial charge in [-0.3, -0.25) is 14.3 Å². The van der Waals surface area contributed by atoms with E-state index in [1.54, 1.807) is 47.7 Å². The van der Waals surface area contributed by atoms with Crippen LogP contribution in [0.1, 0.15) is 10.4 Å². The fourth-order valence-corrected chi connectivity index (χ4v) is 1.94. The average Bonchev–Trinajstić information content (AvgIpc) is 3.02. The lowest BCUT2D eigenvalue weighted by Gasteiger charge is -2.07. The molecule has 104 valence electrons. The van der Waals surface area contributed by atoms with Gasteiger partial charge in [0.2, 0.25) is 0 Å². The SMILES string of the molecule is O=C(Nc1ccc(-n2ccnc2)nc1)c1cnccc1Cl. The normalized spacial score (nSPS) is 10.3. The molecule has 3 rings (SSSR count). The molecule has 3 heterocycles. The van der Waals surface area contributed by atoms with Crippen molar-refractivity contribution in [2.45, 2.75) is 0 Å². The number of hydrogen-bond donors (Lipinski definition) is 1. The van der Waals surface area contributed by atoms with Crippen LogP contribution in [-0.2, 0) is 0 Å². The smallest absolute Gasteiger partial charge is 0.258 e. The lowest BCUT2D eigenvalue weighted by Crippen LogP contribution is -2.13. The second-order valence-electron chi connectivity index (χ2n) is 4.18. The molecule has 1 amide bonds. The average molecular weight is 300 g/mol. The van der Waals surface area contributed by atoms with Gasteiger partial charge in [-0.25, -0.2) is 9.97 Å². The largest absolute Gasteiger partial charge is 0.320 e. The van der Waals surface area contributed by atoms with E-state index in [0.29, 0.717) is 22.1 Å². The predicted molar refractivity (Wildman–Crippen MR) is 78.6 cm³/mol. The third kappa shape index (κ3) is 2.90. The van der Waals surface area contributed by atoms with E-state index in [2.05, 4.69) is 20.3 Å². The van der Waals surface area contributed by atoms with Gasteiger partial charge in [-0.1, -0.05) is 11.6 Å². The Morgan fingerprint density at radius 3 is 2.71 bits per heavy atom. The van der Waals surface area contributed by atoms with Crippen molar-refractivity contribution in [1.29, 1.82) is 0 Å². The number of pyridine rings is 2. The second kappa shape index (κ2) is 5.72. The fraction of sp³-hybridized carbons (Fsp3) is 0. The van der Waals surface area contributed by atoms with Crippen LogP contribution < -0.4 is 5.32 Å². The van der Waals surface area contributed by atoms with E-state index in [1.165, 1.54) is 12.4 Å². The standard InChI is InChI=1S/C14H10ClN5O/c15-12-3-4-16-8-11(12)14(21)19-10-1-2-13(18-7-10)20-6-5-17-9-20/h1-9H,(H,19,21). The van der Waals surface area contributed by atoms with Gasteiger partial charge in [0.05, 0.1) is 22.5 Å². The van der Waals surface area contributed by atoms with Gasteiger partial charge in [-0.15, -0.1) is 0 Å². The van der Waals surface area contributed by atoms with Crippen LogP contribution in [0.25, 0.3) is 5.82 Å². The van der Waals surface area contributed by atoms with E-state index in [-0.39, 0.29) is 5.91 Å². The fourth-order valence-electron chi connectivity index (χ4n) is 1.75. The molecule has 0 fully saturated rings. The quantitative estimate of drug-likeness (QED) is 0.806. The molecule has 0 saturated carbocycles. The van der Waals surface area contributed by atoms with Crippen molar-refractivity contribution in [3.05, 3.63) is 66.1 Å². The Morgan fingerprint density at radius 2 is 2.05 bits per heavy atom. The van der Waals surface area contributed by atoms with Crippen molar-refractivity contribution >= 4 is 23.2 Å². The molecule has 0 radical (unpaired) electrons. The first-order chi connectivity index (χ1) is 10.2. The highest BCUT2D eigenvalue weighted by Crippen LogP contribution is 2.16. The Hall–Kier alpha value is -2.73. The Morgan fingerprint density at radius 1 is 1.14 bits per heavy atom. The summed E-state index contributed by atoms with van der Waals surface area (Å²) in [6.45, 7) is 0. The van der Waals surface area contributed by atoms with Crippen molar-refractivity contribution in [3.63, 3.8) is 0 Å². The number of imidazole rings is 1. The third-order valence-electron chi connectivity index (χ3n) is 2.79. The molecule has 0 aromatic carbocycles. The summed E-state index contributed by atoms with van der Waals surface area (Å²) in [5, 5.41) is 3.07. The Kier molecular flexibility index (Phi) is 3.61. The molecule has 0 aliphatic carbocycles. The van der Waals surface area contributed by atoms with Crippen molar-refractivity contribution in [2.75, 3.05) is 5.32 Å². The molecule has 0 aliphatic rings. The summed E-state index contributed by atoms with van der Waals surface area (Å²) in [5.74, 6) is 0.384. The molecule has 3 aromatic rings. The van der Waals surface area contributed by atoms with Crippen molar-refractivity contribution in [3.8, 4) is 5.82 Å². The van der Waals surface area contributed by atoms with Gasteiger partial charge in [0.1, 0.15) is 12.1 Å². The van der Waals surface area contributed by atoms with Crippen LogP contribution in [0.15, 0.2) is 55.5 Å². The summed E-state index contributed by atoms with van der Waals surface area (Å²) in [4.78, 5) is 24.2. The molecule has 21 heavy (non-hydrogen) atoms. The van der Waals surface area contributed by atoms with Gasteiger partial charge < -0.3 is 5.32 Å². The number of halogens is 1. The Bertz CT molecular complexity index is 755. The number of nitrogens with zero attached hydrogens (tertiary/aromatic N) is 4. The number of hydrogen-bond acceptors (Lipinski definition) is 4. The number of nitrogens with one attached hydrogen (secondary N) is 1. The highest BCUT2D eigenvalue weighted by atomic mass is 35.5. The van der Waals surface area contributed by atoms with Gasteiger partial charge in [0.15, 0.2) is 0 Å². The van der Waals surface area contributed by atoms with Crippen molar-refractivity contribution in [2.24, 2.45) is 0 Å². The summed E-state index contributed by atoms with van der Waals surface area (Å²) in [7, 11) is 0. The minimum atomic E-state index is -0.328. The molecule has 0 aliphatic heterocycles. The maximum atomic E-state index is 12.1. The van der Waals surface area contributed by atoms with E-state index in [1.807, 2.05) is 0 Å². The first-order valence-electron chi connectivity index (χ1n) is 6.09. The zero-order valence-electron chi connectivity index (χ0n) is 10.8. The van der Waals surface area contributed by atoms with E-state index >= 15 is 0 Å². The van der Waals surface area contributed by atoms with Gasteiger partial charge in [-0.2, -0.15) is 0 Å². The summed E-state index contributed by atoms with van der Waals surface area (Å²) >= 11 is 5.95. The molecular formula is C14H10ClN5O. The van der Waals surface area contributed by atoms with Gasteiger partial charge >= 0.3 is 0 Å². The highest BCUT2D eigenvalue weighted by molar-refractivity contribution is 6.34. The number of carbonyl (C=O) groups is 1. The molecule has 0 spiro atoms. The highest BCUT2D eigenvalue weighted by Gasteiger charge is 2.10. The minimum absolute atomic E-state index is 0.317. The van der Waals surface area contributed by atoms with E-state index < -0.39 is 0 Å². The summed E-state index contributed by atoms with van der Waals surface area (Å²) < 4.78 is 1.77. The molecule has 0 atom stereocenters. The Balaban J connectivity index is 1.77. The first kappa shape index (κ1) is 13.3. The second-order valence-corrected chi connectivity index (χ2v) is 4.59. The van der Waals surface area contributed by atoms with Crippen LogP contribution in [0.2, 0.25) is 5.02 Å². The van der Waals surface area contributed by atoms with Crippen LogP contribution in [0.5, 0.6) is 0 Å². The van der Waals surface area contributed by atoms with E-state index in [4.69, 9.17) is 11.6 Å². The molecule has 6 nitrogen and oxygen atoms in total. The lowest BCUT2D eigenvalue weighted by atomic mass is 10.2.